The molecular weight excluding hydrogens is 212 g/mol. The average Bonchev–Trinajstić information content (AvgIpc) is 2.28. The lowest BCUT2D eigenvalue weighted by molar-refractivity contribution is -0.00270. The summed E-state index contributed by atoms with van der Waals surface area (Å²) in [6.45, 7) is 11.3. The third-order valence-corrected chi connectivity index (χ3v) is 3.97. The summed E-state index contributed by atoms with van der Waals surface area (Å²) < 4.78 is 5.43. The lowest BCUT2D eigenvalue weighted by Gasteiger charge is -2.46. The Hall–Kier alpha value is -0.120. The predicted molar refractivity (Wildman–Crippen MR) is 73.1 cm³/mol. The van der Waals surface area contributed by atoms with Gasteiger partial charge in [-0.3, -0.25) is 4.90 Å². The highest BCUT2D eigenvalue weighted by molar-refractivity contribution is 4.92. The number of hydrogen-bond acceptors (Lipinski definition) is 3. The van der Waals surface area contributed by atoms with Crippen LogP contribution in [0.2, 0.25) is 0 Å². The molecule has 3 heteroatoms. The molecule has 1 fully saturated rings. The molecule has 1 heterocycles. The van der Waals surface area contributed by atoms with Gasteiger partial charge >= 0.3 is 0 Å². The summed E-state index contributed by atoms with van der Waals surface area (Å²) in [6.07, 6.45) is 3.77. The number of ether oxygens (including phenoxy) is 1. The van der Waals surface area contributed by atoms with Gasteiger partial charge in [0.15, 0.2) is 0 Å². The fourth-order valence-corrected chi connectivity index (χ4v) is 3.07. The minimum absolute atomic E-state index is 0.245. The van der Waals surface area contributed by atoms with Crippen LogP contribution in [0.5, 0.6) is 0 Å². The van der Waals surface area contributed by atoms with Crippen LogP contribution >= 0.6 is 0 Å². The van der Waals surface area contributed by atoms with Crippen molar-refractivity contribution >= 4 is 0 Å². The SMILES string of the molecule is CCC(N)C(N1CCC(OC)CC1)C(C)(C)C. The number of rotatable bonds is 4. The average molecular weight is 242 g/mol. The van der Waals surface area contributed by atoms with Crippen LogP contribution in [0.1, 0.15) is 47.0 Å². The van der Waals surface area contributed by atoms with Gasteiger partial charge < -0.3 is 10.5 Å². The van der Waals surface area contributed by atoms with Crippen molar-refractivity contribution in [1.29, 1.82) is 0 Å². The molecule has 2 N–H and O–H groups in total. The molecule has 0 aromatic heterocycles. The standard InChI is InChI=1S/C14H30N2O/c1-6-12(15)13(14(2,3)4)16-9-7-11(17-5)8-10-16/h11-13H,6-10,15H2,1-5H3. The largest absolute Gasteiger partial charge is 0.381 e. The van der Waals surface area contributed by atoms with Crippen molar-refractivity contribution in [1.82, 2.24) is 4.90 Å². The van der Waals surface area contributed by atoms with Gasteiger partial charge in [0.05, 0.1) is 6.10 Å². The molecule has 2 unspecified atom stereocenters. The quantitative estimate of drug-likeness (QED) is 0.822. The van der Waals surface area contributed by atoms with Gasteiger partial charge in [0.25, 0.3) is 0 Å². The van der Waals surface area contributed by atoms with Crippen LogP contribution < -0.4 is 5.73 Å². The normalized spacial score (nSPS) is 23.6. The Labute approximate surface area is 107 Å². The summed E-state index contributed by atoms with van der Waals surface area (Å²) in [5, 5.41) is 0. The summed E-state index contributed by atoms with van der Waals surface area (Å²) in [6, 6.07) is 0.749. The molecule has 0 saturated carbocycles. The molecule has 0 spiro atoms. The zero-order valence-corrected chi connectivity index (χ0v) is 12.2. The Bertz CT molecular complexity index is 217. The molecule has 1 rings (SSSR count). The summed E-state index contributed by atoms with van der Waals surface area (Å²) in [5.41, 5.74) is 6.57. The van der Waals surface area contributed by atoms with Crippen LogP contribution in [0, 0.1) is 5.41 Å². The van der Waals surface area contributed by atoms with Crippen molar-refractivity contribution in [3.8, 4) is 0 Å². The predicted octanol–water partition coefficient (Wildman–Crippen LogP) is 2.25. The molecule has 1 saturated heterocycles. The van der Waals surface area contributed by atoms with Gasteiger partial charge in [0, 0.05) is 32.3 Å². The van der Waals surface area contributed by atoms with Gasteiger partial charge in [-0.1, -0.05) is 27.7 Å². The first-order valence-electron chi connectivity index (χ1n) is 6.92. The van der Waals surface area contributed by atoms with Crippen molar-refractivity contribution in [2.24, 2.45) is 11.1 Å². The van der Waals surface area contributed by atoms with E-state index in [0.717, 1.165) is 32.4 Å². The molecule has 0 aliphatic carbocycles. The Morgan fingerprint density at radius 1 is 1.29 bits per heavy atom. The maximum absolute atomic E-state index is 6.33. The summed E-state index contributed by atoms with van der Waals surface area (Å²) >= 11 is 0. The lowest BCUT2D eigenvalue weighted by Crippen LogP contribution is -2.57. The second kappa shape index (κ2) is 6.17. The van der Waals surface area contributed by atoms with E-state index in [-0.39, 0.29) is 11.5 Å². The molecule has 2 atom stereocenters. The van der Waals surface area contributed by atoms with E-state index in [1.807, 2.05) is 7.11 Å². The second-order valence-electron chi connectivity index (χ2n) is 6.35. The third-order valence-electron chi connectivity index (χ3n) is 3.97. The molecule has 102 valence electrons. The van der Waals surface area contributed by atoms with Crippen LogP contribution in [0.15, 0.2) is 0 Å². The van der Waals surface area contributed by atoms with Crippen molar-refractivity contribution in [3.63, 3.8) is 0 Å². The van der Waals surface area contributed by atoms with Crippen LogP contribution in [0.3, 0.4) is 0 Å². The van der Waals surface area contributed by atoms with Gasteiger partial charge in [-0.15, -0.1) is 0 Å². The van der Waals surface area contributed by atoms with Crippen molar-refractivity contribution in [2.75, 3.05) is 20.2 Å². The fraction of sp³-hybridized carbons (Fsp3) is 1.00. The van der Waals surface area contributed by atoms with E-state index in [1.54, 1.807) is 0 Å². The van der Waals surface area contributed by atoms with Gasteiger partial charge in [-0.25, -0.2) is 0 Å². The molecule has 3 nitrogen and oxygen atoms in total. The van der Waals surface area contributed by atoms with Crippen molar-refractivity contribution in [2.45, 2.75) is 65.1 Å². The van der Waals surface area contributed by atoms with E-state index in [1.165, 1.54) is 0 Å². The number of nitrogens with zero attached hydrogens (tertiary/aromatic N) is 1. The van der Waals surface area contributed by atoms with E-state index in [2.05, 4.69) is 32.6 Å². The van der Waals surface area contributed by atoms with Gasteiger partial charge in [-0.2, -0.15) is 0 Å². The van der Waals surface area contributed by atoms with Gasteiger partial charge in [-0.05, 0) is 24.7 Å². The van der Waals surface area contributed by atoms with E-state index in [4.69, 9.17) is 10.5 Å². The number of hydrogen-bond donors (Lipinski definition) is 1. The zero-order valence-electron chi connectivity index (χ0n) is 12.2. The van der Waals surface area contributed by atoms with Crippen molar-refractivity contribution < 1.29 is 4.74 Å². The third kappa shape index (κ3) is 3.94. The Kier molecular flexibility index (Phi) is 5.42. The zero-order chi connectivity index (χ0) is 13.1. The molecular formula is C14H30N2O. The minimum Gasteiger partial charge on any atom is -0.381 e. The molecule has 17 heavy (non-hydrogen) atoms. The summed E-state index contributed by atoms with van der Waals surface area (Å²) in [4.78, 5) is 2.57. The maximum Gasteiger partial charge on any atom is 0.0595 e. The highest BCUT2D eigenvalue weighted by Gasteiger charge is 2.36. The van der Waals surface area contributed by atoms with E-state index >= 15 is 0 Å². The fourth-order valence-electron chi connectivity index (χ4n) is 3.07. The number of methoxy groups -OCH3 is 1. The lowest BCUT2D eigenvalue weighted by atomic mass is 9.79. The molecule has 0 bridgehead atoms. The molecule has 1 aliphatic heterocycles. The number of piperidine rings is 1. The Morgan fingerprint density at radius 2 is 1.82 bits per heavy atom. The van der Waals surface area contributed by atoms with E-state index in [9.17, 15) is 0 Å². The topological polar surface area (TPSA) is 38.5 Å². The molecule has 0 aromatic carbocycles. The second-order valence-corrected chi connectivity index (χ2v) is 6.35. The summed E-state index contributed by atoms with van der Waals surface area (Å²) in [7, 11) is 1.82. The highest BCUT2D eigenvalue weighted by atomic mass is 16.5. The Morgan fingerprint density at radius 3 is 2.18 bits per heavy atom. The molecule has 0 radical (unpaired) electrons. The first-order chi connectivity index (χ1) is 7.90. The smallest absolute Gasteiger partial charge is 0.0595 e. The summed E-state index contributed by atoms with van der Waals surface area (Å²) in [5.74, 6) is 0. The first-order valence-corrected chi connectivity index (χ1v) is 6.92. The van der Waals surface area contributed by atoms with Crippen LogP contribution in [0.4, 0.5) is 0 Å². The molecule has 1 aliphatic rings. The van der Waals surface area contributed by atoms with Crippen LogP contribution in [0.25, 0.3) is 0 Å². The monoisotopic (exact) mass is 242 g/mol. The Balaban J connectivity index is 2.66. The van der Waals surface area contributed by atoms with E-state index in [0.29, 0.717) is 12.1 Å². The van der Waals surface area contributed by atoms with E-state index < -0.39 is 0 Å². The van der Waals surface area contributed by atoms with Gasteiger partial charge in [0.1, 0.15) is 0 Å². The highest BCUT2D eigenvalue weighted by Crippen LogP contribution is 2.30. The maximum atomic E-state index is 6.33. The van der Waals surface area contributed by atoms with Crippen LogP contribution in [-0.4, -0.2) is 43.3 Å². The first kappa shape index (κ1) is 14.9. The van der Waals surface area contributed by atoms with Crippen LogP contribution in [-0.2, 0) is 4.74 Å². The minimum atomic E-state index is 0.245. The molecule has 0 aromatic rings. The molecule has 0 amide bonds. The number of likely N-dealkylation sites (tertiary alicyclic amines) is 1. The van der Waals surface area contributed by atoms with Crippen molar-refractivity contribution in [3.05, 3.63) is 0 Å². The van der Waals surface area contributed by atoms with Gasteiger partial charge in [0.2, 0.25) is 0 Å². The number of nitrogens with two attached hydrogens (primary N) is 1.